The highest BCUT2D eigenvalue weighted by Gasteiger charge is 2.21. The second kappa shape index (κ2) is 6.75. The first-order valence-electron chi connectivity index (χ1n) is 8.17. The molecule has 2 heterocycles. The lowest BCUT2D eigenvalue weighted by atomic mass is 10.2. The molecule has 0 spiro atoms. The average molecular weight is 349 g/mol. The van der Waals surface area contributed by atoms with E-state index in [0.29, 0.717) is 23.4 Å². The normalized spacial score (nSPS) is 13.8. The number of carbonyl (C=O) groups excluding carboxylic acids is 2. The number of aromatic nitrogens is 4. The Balaban J connectivity index is 1.48. The van der Waals surface area contributed by atoms with Crippen molar-refractivity contribution >= 4 is 17.6 Å². The first-order chi connectivity index (χ1) is 12.7. The lowest BCUT2D eigenvalue weighted by Crippen LogP contribution is -2.23. The van der Waals surface area contributed by atoms with Crippen LogP contribution in [0.15, 0.2) is 54.9 Å². The monoisotopic (exact) mass is 349 g/mol. The number of nitrogens with zero attached hydrogens (tertiary/aromatic N) is 5. The van der Waals surface area contributed by atoms with Crippen LogP contribution in [0.5, 0.6) is 5.75 Å². The fraction of sp³-hybridized carbons (Fsp3) is 0.167. The zero-order valence-electron chi connectivity index (χ0n) is 13.8. The molecule has 2 aromatic carbocycles. The van der Waals surface area contributed by atoms with Crippen molar-refractivity contribution in [3.63, 3.8) is 0 Å². The molecular formula is C18H15N5O3. The molecule has 1 aliphatic rings. The van der Waals surface area contributed by atoms with Gasteiger partial charge in [-0.05, 0) is 59.3 Å². The minimum atomic E-state index is -0.482. The standard InChI is InChI=1S/C18H15N5O3/c24-17-5-2-10-22(17)14-6-8-16(9-7-14)26-18(25)13-3-1-4-15(11-13)23-12-19-20-21-23/h1,3-4,6-9,11-12H,2,5,10H2. The quantitative estimate of drug-likeness (QED) is 0.529. The molecule has 1 amide bonds. The van der Waals surface area contributed by atoms with E-state index in [1.165, 1.54) is 11.0 Å². The maximum Gasteiger partial charge on any atom is 0.343 e. The summed E-state index contributed by atoms with van der Waals surface area (Å²) in [7, 11) is 0. The highest BCUT2D eigenvalue weighted by atomic mass is 16.5. The summed E-state index contributed by atoms with van der Waals surface area (Å²) >= 11 is 0. The van der Waals surface area contributed by atoms with Gasteiger partial charge in [0.15, 0.2) is 0 Å². The Hall–Kier alpha value is -3.55. The van der Waals surface area contributed by atoms with E-state index in [-0.39, 0.29) is 5.91 Å². The minimum Gasteiger partial charge on any atom is -0.423 e. The van der Waals surface area contributed by atoms with Gasteiger partial charge in [0, 0.05) is 18.7 Å². The predicted octanol–water partition coefficient (Wildman–Crippen LogP) is 2.01. The predicted molar refractivity (Wildman–Crippen MR) is 92.1 cm³/mol. The number of hydrogen-bond acceptors (Lipinski definition) is 6. The highest BCUT2D eigenvalue weighted by Crippen LogP contribution is 2.24. The molecule has 0 radical (unpaired) electrons. The lowest BCUT2D eigenvalue weighted by molar-refractivity contribution is -0.117. The second-order valence-electron chi connectivity index (χ2n) is 5.84. The van der Waals surface area contributed by atoms with Crippen molar-refractivity contribution in [1.29, 1.82) is 0 Å². The third-order valence-corrected chi connectivity index (χ3v) is 4.13. The van der Waals surface area contributed by atoms with Crippen LogP contribution in [-0.2, 0) is 4.79 Å². The largest absolute Gasteiger partial charge is 0.423 e. The van der Waals surface area contributed by atoms with Gasteiger partial charge >= 0.3 is 5.97 Å². The van der Waals surface area contributed by atoms with Crippen LogP contribution in [0.1, 0.15) is 23.2 Å². The van der Waals surface area contributed by atoms with Gasteiger partial charge in [0.25, 0.3) is 0 Å². The Labute approximate surface area is 149 Å². The van der Waals surface area contributed by atoms with Crippen molar-refractivity contribution in [2.45, 2.75) is 12.8 Å². The van der Waals surface area contributed by atoms with E-state index < -0.39 is 5.97 Å². The zero-order valence-corrected chi connectivity index (χ0v) is 13.8. The van der Waals surface area contributed by atoms with E-state index in [2.05, 4.69) is 15.5 Å². The lowest BCUT2D eigenvalue weighted by Gasteiger charge is -2.15. The van der Waals surface area contributed by atoms with E-state index in [4.69, 9.17) is 4.74 Å². The first-order valence-corrected chi connectivity index (χ1v) is 8.17. The first kappa shape index (κ1) is 15.9. The summed E-state index contributed by atoms with van der Waals surface area (Å²) in [5, 5.41) is 10.9. The number of esters is 1. The molecule has 1 fully saturated rings. The SMILES string of the molecule is O=C(Oc1ccc(N2CCCC2=O)cc1)c1cccc(-n2cnnn2)c1. The molecule has 0 N–H and O–H groups in total. The molecule has 26 heavy (non-hydrogen) atoms. The number of amides is 1. The van der Waals surface area contributed by atoms with Crippen LogP contribution in [0.2, 0.25) is 0 Å². The van der Waals surface area contributed by atoms with Crippen molar-refractivity contribution in [3.05, 3.63) is 60.4 Å². The molecule has 1 aromatic heterocycles. The van der Waals surface area contributed by atoms with Crippen LogP contribution in [0.3, 0.4) is 0 Å². The molecule has 0 aliphatic carbocycles. The number of carbonyl (C=O) groups is 2. The molecule has 0 atom stereocenters. The van der Waals surface area contributed by atoms with Crippen molar-refractivity contribution in [1.82, 2.24) is 20.2 Å². The summed E-state index contributed by atoms with van der Waals surface area (Å²) in [6.45, 7) is 0.724. The van der Waals surface area contributed by atoms with Gasteiger partial charge in [-0.2, -0.15) is 0 Å². The Bertz CT molecular complexity index is 938. The number of benzene rings is 2. The van der Waals surface area contributed by atoms with Crippen LogP contribution < -0.4 is 9.64 Å². The van der Waals surface area contributed by atoms with Gasteiger partial charge in [-0.15, -0.1) is 5.10 Å². The Morgan fingerprint density at radius 1 is 1.08 bits per heavy atom. The van der Waals surface area contributed by atoms with E-state index >= 15 is 0 Å². The molecule has 1 saturated heterocycles. The van der Waals surface area contributed by atoms with Crippen LogP contribution in [0.4, 0.5) is 5.69 Å². The third kappa shape index (κ3) is 3.16. The molecule has 4 rings (SSSR count). The van der Waals surface area contributed by atoms with Gasteiger partial charge in [0.2, 0.25) is 5.91 Å². The summed E-state index contributed by atoms with van der Waals surface area (Å²) in [5.41, 5.74) is 1.86. The summed E-state index contributed by atoms with van der Waals surface area (Å²) in [4.78, 5) is 25.9. The Morgan fingerprint density at radius 2 is 1.92 bits per heavy atom. The van der Waals surface area contributed by atoms with Crippen LogP contribution in [-0.4, -0.2) is 38.6 Å². The fourth-order valence-electron chi connectivity index (χ4n) is 2.84. The number of ether oxygens (including phenoxy) is 1. The Kier molecular flexibility index (Phi) is 4.14. The summed E-state index contributed by atoms with van der Waals surface area (Å²) in [6, 6.07) is 13.8. The molecule has 3 aromatic rings. The summed E-state index contributed by atoms with van der Waals surface area (Å²) < 4.78 is 6.87. The zero-order chi connectivity index (χ0) is 17.9. The third-order valence-electron chi connectivity index (χ3n) is 4.13. The fourth-order valence-corrected chi connectivity index (χ4v) is 2.84. The second-order valence-corrected chi connectivity index (χ2v) is 5.84. The van der Waals surface area contributed by atoms with E-state index in [0.717, 1.165) is 18.7 Å². The summed E-state index contributed by atoms with van der Waals surface area (Å²) in [6.07, 6.45) is 2.89. The van der Waals surface area contributed by atoms with Gasteiger partial charge in [0.1, 0.15) is 12.1 Å². The highest BCUT2D eigenvalue weighted by molar-refractivity contribution is 5.95. The maximum absolute atomic E-state index is 12.4. The molecule has 8 heteroatoms. The van der Waals surface area contributed by atoms with E-state index in [1.807, 2.05) is 0 Å². The van der Waals surface area contributed by atoms with Gasteiger partial charge in [-0.3, -0.25) is 4.79 Å². The maximum atomic E-state index is 12.4. The molecule has 0 bridgehead atoms. The number of hydrogen-bond donors (Lipinski definition) is 0. The van der Waals surface area contributed by atoms with E-state index in [1.54, 1.807) is 53.4 Å². The van der Waals surface area contributed by atoms with Crippen molar-refractivity contribution < 1.29 is 14.3 Å². The average Bonchev–Trinajstić information content (AvgIpc) is 3.34. The minimum absolute atomic E-state index is 0.120. The van der Waals surface area contributed by atoms with Crippen molar-refractivity contribution in [2.24, 2.45) is 0 Å². The van der Waals surface area contributed by atoms with Gasteiger partial charge in [0.05, 0.1) is 11.3 Å². The van der Waals surface area contributed by atoms with Gasteiger partial charge in [-0.1, -0.05) is 6.07 Å². The number of tetrazole rings is 1. The smallest absolute Gasteiger partial charge is 0.343 e. The molecular weight excluding hydrogens is 334 g/mol. The van der Waals surface area contributed by atoms with Crippen LogP contribution >= 0.6 is 0 Å². The molecule has 1 aliphatic heterocycles. The van der Waals surface area contributed by atoms with E-state index in [9.17, 15) is 9.59 Å². The van der Waals surface area contributed by atoms with Crippen molar-refractivity contribution in [2.75, 3.05) is 11.4 Å². The molecule has 0 unspecified atom stereocenters. The Morgan fingerprint density at radius 3 is 2.62 bits per heavy atom. The van der Waals surface area contributed by atoms with Crippen LogP contribution in [0, 0.1) is 0 Å². The molecule has 8 nitrogen and oxygen atoms in total. The van der Waals surface area contributed by atoms with Gasteiger partial charge in [-0.25, -0.2) is 9.48 Å². The summed E-state index contributed by atoms with van der Waals surface area (Å²) in [5.74, 6) is 0.0531. The topological polar surface area (TPSA) is 90.2 Å². The van der Waals surface area contributed by atoms with Crippen molar-refractivity contribution in [3.8, 4) is 11.4 Å². The van der Waals surface area contributed by atoms with Crippen LogP contribution in [0.25, 0.3) is 5.69 Å². The molecule has 130 valence electrons. The number of anilines is 1. The molecule has 0 saturated carbocycles. The van der Waals surface area contributed by atoms with Gasteiger partial charge < -0.3 is 9.64 Å². The number of rotatable bonds is 4.